The first kappa shape index (κ1) is 15.2. The molecule has 6 nitrogen and oxygen atoms in total. The van der Waals surface area contributed by atoms with E-state index in [0.717, 1.165) is 12.1 Å². The molecule has 0 saturated carbocycles. The molecule has 2 aromatic heterocycles. The van der Waals surface area contributed by atoms with Crippen LogP contribution in [0.3, 0.4) is 0 Å². The SMILES string of the molecule is CCN(Cc1cnc(-c2ccco2)nc1)[C@@H]1CCS(=O)(=O)C1. The normalized spacial score (nSPS) is 20.5. The molecule has 3 rings (SSSR count). The second-order valence-electron chi connectivity index (χ2n) is 5.51. The fourth-order valence-electron chi connectivity index (χ4n) is 2.77. The summed E-state index contributed by atoms with van der Waals surface area (Å²) in [5.74, 6) is 1.75. The number of furan rings is 1. The zero-order chi connectivity index (χ0) is 15.6. The minimum Gasteiger partial charge on any atom is -0.461 e. The first-order valence-electron chi connectivity index (χ1n) is 7.36. The van der Waals surface area contributed by atoms with E-state index in [4.69, 9.17) is 4.42 Å². The molecule has 0 radical (unpaired) electrons. The Balaban J connectivity index is 1.69. The second-order valence-corrected chi connectivity index (χ2v) is 7.74. The maximum absolute atomic E-state index is 11.6. The van der Waals surface area contributed by atoms with Gasteiger partial charge in [-0.15, -0.1) is 0 Å². The molecule has 1 atom stereocenters. The molecule has 0 N–H and O–H groups in total. The summed E-state index contributed by atoms with van der Waals surface area (Å²) in [6.07, 6.45) is 5.85. The summed E-state index contributed by atoms with van der Waals surface area (Å²) in [4.78, 5) is 10.8. The molecule has 118 valence electrons. The lowest BCUT2D eigenvalue weighted by molar-refractivity contribution is 0.214. The van der Waals surface area contributed by atoms with Gasteiger partial charge >= 0.3 is 0 Å². The molecule has 2 aromatic rings. The van der Waals surface area contributed by atoms with E-state index in [0.29, 0.717) is 30.3 Å². The Morgan fingerprint density at radius 1 is 1.36 bits per heavy atom. The average Bonchev–Trinajstić information content (AvgIpc) is 3.15. The van der Waals surface area contributed by atoms with Crippen LogP contribution in [0.1, 0.15) is 18.9 Å². The molecule has 0 bridgehead atoms. The Morgan fingerprint density at radius 2 is 2.14 bits per heavy atom. The number of hydrogen-bond acceptors (Lipinski definition) is 6. The van der Waals surface area contributed by atoms with Gasteiger partial charge < -0.3 is 4.42 Å². The summed E-state index contributed by atoms with van der Waals surface area (Å²) in [6.45, 7) is 3.51. The Hall–Kier alpha value is -1.73. The maximum atomic E-state index is 11.6. The van der Waals surface area contributed by atoms with Crippen molar-refractivity contribution in [1.82, 2.24) is 14.9 Å². The number of aromatic nitrogens is 2. The average molecular weight is 321 g/mol. The van der Waals surface area contributed by atoms with Gasteiger partial charge in [-0.2, -0.15) is 0 Å². The molecule has 0 aliphatic carbocycles. The fraction of sp³-hybridized carbons (Fsp3) is 0.467. The molecule has 1 aliphatic rings. The van der Waals surface area contributed by atoms with Crippen molar-refractivity contribution in [3.63, 3.8) is 0 Å². The minimum atomic E-state index is -2.86. The van der Waals surface area contributed by atoms with Crippen molar-refractivity contribution >= 4 is 9.84 Å². The molecule has 1 aliphatic heterocycles. The molecular formula is C15H19N3O3S. The highest BCUT2D eigenvalue weighted by atomic mass is 32.2. The highest BCUT2D eigenvalue weighted by Gasteiger charge is 2.31. The summed E-state index contributed by atoms with van der Waals surface area (Å²) >= 11 is 0. The number of nitrogens with zero attached hydrogens (tertiary/aromatic N) is 3. The summed E-state index contributed by atoms with van der Waals surface area (Å²) in [6, 6.07) is 3.71. The number of sulfone groups is 1. The van der Waals surface area contributed by atoms with Gasteiger partial charge in [0.15, 0.2) is 21.4 Å². The quantitative estimate of drug-likeness (QED) is 0.835. The van der Waals surface area contributed by atoms with Crippen LogP contribution in [0.5, 0.6) is 0 Å². The zero-order valence-electron chi connectivity index (χ0n) is 12.5. The Labute approximate surface area is 130 Å². The first-order valence-corrected chi connectivity index (χ1v) is 9.19. The molecule has 3 heterocycles. The molecule has 1 fully saturated rings. The fourth-order valence-corrected chi connectivity index (χ4v) is 4.53. The topological polar surface area (TPSA) is 76.3 Å². The van der Waals surface area contributed by atoms with E-state index in [1.165, 1.54) is 0 Å². The Kier molecular flexibility index (Phi) is 4.26. The first-order chi connectivity index (χ1) is 10.6. The molecule has 7 heteroatoms. The molecule has 0 aromatic carbocycles. The number of rotatable bonds is 5. The van der Waals surface area contributed by atoms with E-state index in [9.17, 15) is 8.42 Å². The third-order valence-corrected chi connectivity index (χ3v) is 5.71. The minimum absolute atomic E-state index is 0.0970. The molecular weight excluding hydrogens is 302 g/mol. The van der Waals surface area contributed by atoms with E-state index in [2.05, 4.69) is 14.9 Å². The van der Waals surface area contributed by atoms with Gasteiger partial charge in [0, 0.05) is 30.5 Å². The third kappa shape index (κ3) is 3.36. The molecule has 0 unspecified atom stereocenters. The number of hydrogen-bond donors (Lipinski definition) is 0. The molecule has 1 saturated heterocycles. The highest BCUT2D eigenvalue weighted by Crippen LogP contribution is 2.20. The van der Waals surface area contributed by atoms with Crippen LogP contribution < -0.4 is 0 Å². The lowest BCUT2D eigenvalue weighted by atomic mass is 10.2. The zero-order valence-corrected chi connectivity index (χ0v) is 13.3. The van der Waals surface area contributed by atoms with Gasteiger partial charge in [0.05, 0.1) is 17.8 Å². The molecule has 0 amide bonds. The summed E-state index contributed by atoms with van der Waals surface area (Å²) in [7, 11) is -2.86. The van der Waals surface area contributed by atoms with Crippen molar-refractivity contribution in [1.29, 1.82) is 0 Å². The molecule has 0 spiro atoms. The van der Waals surface area contributed by atoms with Crippen LogP contribution in [-0.2, 0) is 16.4 Å². The largest absolute Gasteiger partial charge is 0.461 e. The second kappa shape index (κ2) is 6.18. The van der Waals surface area contributed by atoms with Crippen molar-refractivity contribution in [2.24, 2.45) is 0 Å². The van der Waals surface area contributed by atoms with Crippen LogP contribution in [0.25, 0.3) is 11.6 Å². The van der Waals surface area contributed by atoms with Gasteiger partial charge in [-0.05, 0) is 25.1 Å². The van der Waals surface area contributed by atoms with E-state index >= 15 is 0 Å². The highest BCUT2D eigenvalue weighted by molar-refractivity contribution is 7.91. The van der Waals surface area contributed by atoms with Crippen molar-refractivity contribution in [2.75, 3.05) is 18.1 Å². The van der Waals surface area contributed by atoms with Crippen molar-refractivity contribution in [3.8, 4) is 11.6 Å². The van der Waals surface area contributed by atoms with Crippen LogP contribution in [-0.4, -0.2) is 47.4 Å². The van der Waals surface area contributed by atoms with Gasteiger partial charge in [0.2, 0.25) is 0 Å². The van der Waals surface area contributed by atoms with E-state index in [1.54, 1.807) is 24.7 Å². The Bertz CT molecular complexity index is 711. The standard InChI is InChI=1S/C15H19N3O3S/c1-2-18(13-5-7-22(19,20)11-13)10-12-8-16-15(17-9-12)14-4-3-6-21-14/h3-4,6,8-9,13H,2,5,7,10-11H2,1H3/t13-/m1/s1. The monoisotopic (exact) mass is 321 g/mol. The van der Waals surface area contributed by atoms with Gasteiger partial charge in [0.25, 0.3) is 0 Å². The van der Waals surface area contributed by atoms with E-state index < -0.39 is 9.84 Å². The van der Waals surface area contributed by atoms with Crippen LogP contribution >= 0.6 is 0 Å². The van der Waals surface area contributed by atoms with Gasteiger partial charge in [-0.1, -0.05) is 6.92 Å². The van der Waals surface area contributed by atoms with Crippen LogP contribution in [0.15, 0.2) is 35.2 Å². The smallest absolute Gasteiger partial charge is 0.195 e. The molecule has 22 heavy (non-hydrogen) atoms. The van der Waals surface area contributed by atoms with Crippen molar-refractivity contribution in [2.45, 2.75) is 25.9 Å². The Morgan fingerprint density at radius 3 is 2.68 bits per heavy atom. The lowest BCUT2D eigenvalue weighted by Gasteiger charge is -2.26. The van der Waals surface area contributed by atoms with Gasteiger partial charge in [-0.3, -0.25) is 4.90 Å². The van der Waals surface area contributed by atoms with Crippen LogP contribution in [0.2, 0.25) is 0 Å². The van der Waals surface area contributed by atoms with Crippen molar-refractivity contribution < 1.29 is 12.8 Å². The van der Waals surface area contributed by atoms with E-state index in [1.807, 2.05) is 13.0 Å². The third-order valence-electron chi connectivity index (χ3n) is 3.96. The predicted octanol–water partition coefficient (Wildman–Crippen LogP) is 1.75. The maximum Gasteiger partial charge on any atom is 0.195 e. The van der Waals surface area contributed by atoms with Crippen LogP contribution in [0.4, 0.5) is 0 Å². The van der Waals surface area contributed by atoms with Gasteiger partial charge in [0.1, 0.15) is 0 Å². The summed E-state index contributed by atoms with van der Waals surface area (Å²) in [5, 5.41) is 0. The lowest BCUT2D eigenvalue weighted by Crippen LogP contribution is -2.35. The predicted molar refractivity (Wildman–Crippen MR) is 82.9 cm³/mol. The van der Waals surface area contributed by atoms with Crippen LogP contribution in [0, 0.1) is 0 Å². The van der Waals surface area contributed by atoms with E-state index in [-0.39, 0.29) is 11.8 Å². The summed E-state index contributed by atoms with van der Waals surface area (Å²) < 4.78 is 28.5. The summed E-state index contributed by atoms with van der Waals surface area (Å²) in [5.41, 5.74) is 0.974. The van der Waals surface area contributed by atoms with Crippen molar-refractivity contribution in [3.05, 3.63) is 36.4 Å². The van der Waals surface area contributed by atoms with Gasteiger partial charge in [-0.25, -0.2) is 18.4 Å².